The lowest BCUT2D eigenvalue weighted by Crippen LogP contribution is -2.28. The summed E-state index contributed by atoms with van der Waals surface area (Å²) in [5, 5.41) is 6.32. The smallest absolute Gasteiger partial charge is 0.416 e. The van der Waals surface area contributed by atoms with Crippen LogP contribution in [0, 0.1) is 0 Å². The van der Waals surface area contributed by atoms with Crippen LogP contribution in [0.5, 0.6) is 5.75 Å². The molecule has 0 aromatic heterocycles. The molecule has 2 aromatic rings. The van der Waals surface area contributed by atoms with Gasteiger partial charge in [0.25, 0.3) is 5.91 Å². The third-order valence-corrected chi connectivity index (χ3v) is 8.15. The molecule has 2 N–H and O–H groups in total. The van der Waals surface area contributed by atoms with E-state index < -0.39 is 21.6 Å². The Balaban J connectivity index is 1.27. The monoisotopic (exact) mass is 499 g/mol. The predicted octanol–water partition coefficient (Wildman–Crippen LogP) is 3.19. The highest BCUT2D eigenvalue weighted by atomic mass is 32.2. The molecule has 2 atom stereocenters. The average molecular weight is 500 g/mol. The number of thioether (sulfide) groups is 1. The van der Waals surface area contributed by atoms with E-state index in [1.807, 2.05) is 0 Å². The fourth-order valence-corrected chi connectivity index (χ4v) is 7.15. The molecule has 2 unspecified atom stereocenters. The average Bonchev–Trinajstić information content (AvgIpc) is 3.23. The van der Waals surface area contributed by atoms with Gasteiger partial charge in [0.1, 0.15) is 12.4 Å². The fourth-order valence-electron chi connectivity index (χ4n) is 3.48. The quantitative estimate of drug-likeness (QED) is 0.593. The number of amidine groups is 1. The SMILES string of the molecule is O=C(NCCOc1cccc(C(F)(F)F)c1)c1cccc(NC2=NC3CS(=O)(=O)CC3S2)c1. The molecule has 0 bridgehead atoms. The van der Waals surface area contributed by atoms with E-state index in [2.05, 4.69) is 15.6 Å². The first-order valence-electron chi connectivity index (χ1n) is 9.99. The lowest BCUT2D eigenvalue weighted by molar-refractivity contribution is -0.137. The molecule has 1 amide bonds. The summed E-state index contributed by atoms with van der Waals surface area (Å²) in [6, 6.07) is 11.0. The van der Waals surface area contributed by atoms with Crippen molar-refractivity contribution in [2.75, 3.05) is 30.0 Å². The zero-order chi connectivity index (χ0) is 23.6. The first-order valence-corrected chi connectivity index (χ1v) is 12.7. The number of hydrogen-bond donors (Lipinski definition) is 2. The summed E-state index contributed by atoms with van der Waals surface area (Å²) < 4.78 is 66.9. The molecule has 0 saturated carbocycles. The van der Waals surface area contributed by atoms with Gasteiger partial charge in [0.05, 0.1) is 29.7 Å². The van der Waals surface area contributed by atoms with Gasteiger partial charge in [-0.25, -0.2) is 8.42 Å². The van der Waals surface area contributed by atoms with Crippen LogP contribution in [0.1, 0.15) is 15.9 Å². The van der Waals surface area contributed by atoms with Crippen LogP contribution in [0.4, 0.5) is 18.9 Å². The third kappa shape index (κ3) is 5.99. The van der Waals surface area contributed by atoms with Gasteiger partial charge in [0.15, 0.2) is 15.0 Å². The number of anilines is 1. The standard InChI is InChI=1S/C21H20F3N3O4S2/c22-21(23,24)14-4-2-6-16(10-14)31-8-7-25-19(28)13-3-1-5-15(9-13)26-20-27-17-11-33(29,30)12-18(17)32-20/h1-6,9-10,17-18H,7-8,11-12H2,(H,25,28)(H,26,27). The Labute approximate surface area is 192 Å². The van der Waals surface area contributed by atoms with Crippen molar-refractivity contribution in [3.05, 3.63) is 59.7 Å². The Morgan fingerprint density at radius 2 is 1.94 bits per heavy atom. The summed E-state index contributed by atoms with van der Waals surface area (Å²) in [5.41, 5.74) is 0.214. The minimum Gasteiger partial charge on any atom is -0.492 e. The normalized spacial score (nSPS) is 21.2. The van der Waals surface area contributed by atoms with E-state index in [0.29, 0.717) is 16.4 Å². The van der Waals surface area contributed by atoms with Crippen LogP contribution in [0.2, 0.25) is 0 Å². The first-order chi connectivity index (χ1) is 15.6. The Morgan fingerprint density at radius 1 is 1.15 bits per heavy atom. The molecule has 0 radical (unpaired) electrons. The number of aliphatic imine (C=N–C) groups is 1. The van der Waals surface area contributed by atoms with Gasteiger partial charge in [-0.1, -0.05) is 23.9 Å². The molecule has 2 aliphatic rings. The predicted molar refractivity (Wildman–Crippen MR) is 121 cm³/mol. The summed E-state index contributed by atoms with van der Waals surface area (Å²) in [6.45, 7) is 0.108. The van der Waals surface area contributed by atoms with Crippen LogP contribution in [0.25, 0.3) is 0 Å². The number of alkyl halides is 3. The minimum absolute atomic E-state index is 0.00409. The molecule has 2 aromatic carbocycles. The number of carbonyl (C=O) groups excluding carboxylic acids is 1. The number of amides is 1. The van der Waals surface area contributed by atoms with Gasteiger partial charge in [-0.3, -0.25) is 9.79 Å². The zero-order valence-corrected chi connectivity index (χ0v) is 18.8. The van der Waals surface area contributed by atoms with E-state index in [1.54, 1.807) is 24.3 Å². The summed E-state index contributed by atoms with van der Waals surface area (Å²) in [5.74, 6) is -0.129. The van der Waals surface area contributed by atoms with Crippen molar-refractivity contribution < 1.29 is 31.1 Å². The number of nitrogens with one attached hydrogen (secondary N) is 2. The molecule has 0 spiro atoms. The number of halogens is 3. The molecule has 1 fully saturated rings. The van der Waals surface area contributed by atoms with Gasteiger partial charge in [-0.2, -0.15) is 13.2 Å². The summed E-state index contributed by atoms with van der Waals surface area (Å²) >= 11 is 1.38. The van der Waals surface area contributed by atoms with E-state index in [0.717, 1.165) is 12.1 Å². The number of benzene rings is 2. The third-order valence-electron chi connectivity index (χ3n) is 5.01. The molecule has 12 heteroatoms. The summed E-state index contributed by atoms with van der Waals surface area (Å²) in [7, 11) is -3.03. The van der Waals surface area contributed by atoms with E-state index >= 15 is 0 Å². The second-order valence-electron chi connectivity index (χ2n) is 7.57. The molecular weight excluding hydrogens is 479 g/mol. The van der Waals surface area contributed by atoms with Crippen molar-refractivity contribution in [3.63, 3.8) is 0 Å². The minimum atomic E-state index is -4.45. The molecule has 176 valence electrons. The molecule has 1 saturated heterocycles. The van der Waals surface area contributed by atoms with Crippen LogP contribution in [0.15, 0.2) is 53.5 Å². The maximum Gasteiger partial charge on any atom is 0.416 e. The summed E-state index contributed by atoms with van der Waals surface area (Å²) in [4.78, 5) is 16.8. The van der Waals surface area contributed by atoms with Gasteiger partial charge in [0, 0.05) is 16.5 Å². The Morgan fingerprint density at radius 3 is 2.70 bits per heavy atom. The number of nitrogens with zero attached hydrogens (tertiary/aromatic N) is 1. The second kappa shape index (κ2) is 9.26. The van der Waals surface area contributed by atoms with Crippen molar-refractivity contribution in [1.82, 2.24) is 5.32 Å². The lowest BCUT2D eigenvalue weighted by Gasteiger charge is -2.11. The summed E-state index contributed by atoms with van der Waals surface area (Å²) in [6.07, 6.45) is -4.45. The van der Waals surface area contributed by atoms with Gasteiger partial charge < -0.3 is 15.4 Å². The van der Waals surface area contributed by atoms with Gasteiger partial charge >= 0.3 is 6.18 Å². The van der Waals surface area contributed by atoms with Crippen LogP contribution < -0.4 is 15.4 Å². The highest BCUT2D eigenvalue weighted by molar-refractivity contribution is 8.15. The van der Waals surface area contributed by atoms with Crippen molar-refractivity contribution in [3.8, 4) is 5.75 Å². The highest BCUT2D eigenvalue weighted by Crippen LogP contribution is 2.34. The first kappa shape index (κ1) is 23.4. The zero-order valence-electron chi connectivity index (χ0n) is 17.1. The number of carbonyl (C=O) groups is 1. The van der Waals surface area contributed by atoms with E-state index in [4.69, 9.17) is 4.74 Å². The Kier molecular flexibility index (Phi) is 6.57. The maximum atomic E-state index is 12.7. The van der Waals surface area contributed by atoms with Crippen molar-refractivity contribution in [2.45, 2.75) is 17.5 Å². The van der Waals surface area contributed by atoms with Gasteiger partial charge in [-0.15, -0.1) is 0 Å². The van der Waals surface area contributed by atoms with Gasteiger partial charge in [0.2, 0.25) is 0 Å². The topological polar surface area (TPSA) is 96.9 Å². The molecule has 0 aliphatic carbocycles. The van der Waals surface area contributed by atoms with Crippen molar-refractivity contribution in [2.24, 2.45) is 4.99 Å². The van der Waals surface area contributed by atoms with Crippen molar-refractivity contribution in [1.29, 1.82) is 0 Å². The van der Waals surface area contributed by atoms with Gasteiger partial charge in [-0.05, 0) is 36.4 Å². The van der Waals surface area contributed by atoms with Crippen LogP contribution >= 0.6 is 11.8 Å². The Hall–Kier alpha value is -2.73. The van der Waals surface area contributed by atoms with E-state index in [-0.39, 0.29) is 47.6 Å². The van der Waals surface area contributed by atoms with Crippen LogP contribution in [-0.4, -0.2) is 55.4 Å². The fraction of sp³-hybridized carbons (Fsp3) is 0.333. The maximum absolute atomic E-state index is 12.7. The molecule has 33 heavy (non-hydrogen) atoms. The highest BCUT2D eigenvalue weighted by Gasteiger charge is 2.42. The number of fused-ring (bicyclic) bond motifs is 1. The van der Waals surface area contributed by atoms with E-state index in [1.165, 1.54) is 23.9 Å². The number of sulfone groups is 1. The number of ether oxygens (including phenoxy) is 1. The molecule has 4 rings (SSSR count). The molecule has 2 aliphatic heterocycles. The van der Waals surface area contributed by atoms with Crippen molar-refractivity contribution >= 4 is 38.4 Å². The molecule has 2 heterocycles. The molecular formula is C21H20F3N3O4S2. The molecule has 7 nitrogen and oxygen atoms in total. The largest absolute Gasteiger partial charge is 0.492 e. The number of rotatable bonds is 6. The number of hydrogen-bond acceptors (Lipinski definition) is 7. The van der Waals surface area contributed by atoms with Crippen LogP contribution in [-0.2, 0) is 16.0 Å². The van der Waals surface area contributed by atoms with E-state index in [9.17, 15) is 26.4 Å². The van der Waals surface area contributed by atoms with Crippen LogP contribution in [0.3, 0.4) is 0 Å². The Bertz CT molecular complexity index is 1190. The lowest BCUT2D eigenvalue weighted by atomic mass is 10.2. The second-order valence-corrected chi connectivity index (χ2v) is 11.0.